The van der Waals surface area contributed by atoms with Crippen LogP contribution in [0, 0.1) is 13.8 Å². The quantitative estimate of drug-likeness (QED) is 0.802. The Bertz CT molecular complexity index is 701. The average Bonchev–Trinajstić information content (AvgIpc) is 2.69. The number of aromatic nitrogens is 2. The van der Waals surface area contributed by atoms with Gasteiger partial charge in [0.25, 0.3) is 10.0 Å². The van der Waals surface area contributed by atoms with Crippen molar-refractivity contribution in [3.8, 4) is 0 Å². The number of rotatable bonds is 4. The molecule has 0 aliphatic heterocycles. The largest absolute Gasteiger partial charge is 0.389 e. The van der Waals surface area contributed by atoms with Gasteiger partial charge in [-0.15, -0.1) is 0 Å². The molecule has 0 saturated carbocycles. The molecule has 2 aromatic rings. The van der Waals surface area contributed by atoms with Crippen molar-refractivity contribution in [2.45, 2.75) is 31.8 Å². The summed E-state index contributed by atoms with van der Waals surface area (Å²) in [5.74, 6) is 0. The molecule has 0 spiro atoms. The number of anilines is 1. The molecule has 3 N–H and O–H groups in total. The van der Waals surface area contributed by atoms with E-state index in [1.54, 1.807) is 45.0 Å². The fraction of sp³-hybridized carbons (Fsp3) is 0.308. The number of H-pyrrole nitrogens is 1. The topological polar surface area (TPSA) is 95.1 Å². The lowest BCUT2D eigenvalue weighted by molar-refractivity contribution is 0.200. The minimum Gasteiger partial charge on any atom is -0.389 e. The van der Waals surface area contributed by atoms with Crippen molar-refractivity contribution in [1.29, 1.82) is 0 Å². The van der Waals surface area contributed by atoms with E-state index in [0.29, 0.717) is 22.6 Å². The smallest absolute Gasteiger partial charge is 0.265 e. The molecule has 0 fully saturated rings. The molecule has 108 valence electrons. The monoisotopic (exact) mass is 295 g/mol. The summed E-state index contributed by atoms with van der Waals surface area (Å²) in [5.41, 5.74) is 1.77. The first-order valence-corrected chi connectivity index (χ1v) is 7.62. The number of hydrogen-bond donors (Lipinski definition) is 3. The van der Waals surface area contributed by atoms with Gasteiger partial charge >= 0.3 is 0 Å². The Balaban J connectivity index is 2.45. The van der Waals surface area contributed by atoms with E-state index in [1.807, 2.05) is 0 Å². The first kappa shape index (κ1) is 14.5. The first-order valence-electron chi connectivity index (χ1n) is 6.14. The Labute approximate surface area is 117 Å². The summed E-state index contributed by atoms with van der Waals surface area (Å²) in [4.78, 5) is 0.137. The van der Waals surface area contributed by atoms with Gasteiger partial charge in [0.2, 0.25) is 0 Å². The Kier molecular flexibility index (Phi) is 3.82. The van der Waals surface area contributed by atoms with Crippen molar-refractivity contribution in [2.75, 3.05) is 4.72 Å². The number of aromatic amines is 1. The van der Waals surface area contributed by atoms with E-state index >= 15 is 0 Å². The van der Waals surface area contributed by atoms with Crippen LogP contribution < -0.4 is 4.72 Å². The van der Waals surface area contributed by atoms with Crippen molar-refractivity contribution >= 4 is 15.7 Å². The maximum atomic E-state index is 12.4. The molecule has 20 heavy (non-hydrogen) atoms. The third kappa shape index (κ3) is 2.68. The first-order chi connectivity index (χ1) is 9.33. The minimum absolute atomic E-state index is 0.137. The van der Waals surface area contributed by atoms with Crippen LogP contribution in [0.5, 0.6) is 0 Å². The highest BCUT2D eigenvalue weighted by atomic mass is 32.2. The second-order valence-electron chi connectivity index (χ2n) is 4.63. The van der Waals surface area contributed by atoms with E-state index in [9.17, 15) is 13.5 Å². The molecule has 0 aliphatic rings. The molecule has 1 unspecified atom stereocenters. The maximum Gasteiger partial charge on any atom is 0.265 e. The fourth-order valence-electron chi connectivity index (χ4n) is 2.09. The second-order valence-corrected chi connectivity index (χ2v) is 6.25. The minimum atomic E-state index is -3.74. The predicted octanol–water partition coefficient (Wildman–Crippen LogP) is 1.88. The zero-order valence-corrected chi connectivity index (χ0v) is 12.3. The van der Waals surface area contributed by atoms with Gasteiger partial charge in [0.05, 0.1) is 23.2 Å². The van der Waals surface area contributed by atoms with Crippen LogP contribution in [0.1, 0.15) is 30.0 Å². The Morgan fingerprint density at radius 3 is 2.50 bits per heavy atom. The molecule has 1 aromatic heterocycles. The van der Waals surface area contributed by atoms with E-state index in [4.69, 9.17) is 0 Å². The van der Waals surface area contributed by atoms with E-state index in [2.05, 4.69) is 14.9 Å². The molecule has 0 radical (unpaired) electrons. The van der Waals surface area contributed by atoms with Crippen LogP contribution in [-0.4, -0.2) is 23.7 Å². The molecule has 0 aliphatic carbocycles. The van der Waals surface area contributed by atoms with Gasteiger partial charge in [-0.3, -0.25) is 9.82 Å². The van der Waals surface area contributed by atoms with Crippen molar-refractivity contribution in [3.63, 3.8) is 0 Å². The van der Waals surface area contributed by atoms with Crippen LogP contribution in [-0.2, 0) is 10.0 Å². The highest BCUT2D eigenvalue weighted by molar-refractivity contribution is 7.92. The highest BCUT2D eigenvalue weighted by Gasteiger charge is 2.23. The second kappa shape index (κ2) is 5.26. The molecule has 1 heterocycles. The summed E-state index contributed by atoms with van der Waals surface area (Å²) in [6, 6.07) is 6.75. The van der Waals surface area contributed by atoms with Crippen LogP contribution in [0.15, 0.2) is 29.2 Å². The number of nitrogens with one attached hydrogen (secondary N) is 2. The van der Waals surface area contributed by atoms with Gasteiger partial charge in [0.1, 0.15) is 4.90 Å². The van der Waals surface area contributed by atoms with Gasteiger partial charge in [0, 0.05) is 5.56 Å². The maximum absolute atomic E-state index is 12.4. The predicted molar refractivity (Wildman–Crippen MR) is 75.9 cm³/mol. The van der Waals surface area contributed by atoms with Crippen LogP contribution in [0.4, 0.5) is 5.69 Å². The number of benzene rings is 1. The molecular formula is C13H17N3O3S. The third-order valence-corrected chi connectivity index (χ3v) is 4.61. The van der Waals surface area contributed by atoms with Crippen molar-refractivity contribution < 1.29 is 13.5 Å². The SMILES string of the molecule is Cc1n[nH]c(C)c1S(=O)(=O)Nc1ccccc1C(C)O. The summed E-state index contributed by atoms with van der Waals surface area (Å²) < 4.78 is 27.4. The van der Waals surface area contributed by atoms with Crippen LogP contribution in [0.2, 0.25) is 0 Å². The molecular weight excluding hydrogens is 278 g/mol. The normalized spacial score (nSPS) is 13.2. The van der Waals surface area contributed by atoms with E-state index in [1.165, 1.54) is 0 Å². The van der Waals surface area contributed by atoms with Gasteiger partial charge in [-0.1, -0.05) is 18.2 Å². The molecule has 0 bridgehead atoms. The summed E-state index contributed by atoms with van der Waals surface area (Å²) in [6.07, 6.45) is -0.763. The standard InChI is InChI=1S/C13H17N3O3S/c1-8-13(9(2)15-14-8)20(18,19)16-12-7-5-4-6-11(12)10(3)17/h4-7,10,16-17H,1-3H3,(H,14,15). The lowest BCUT2D eigenvalue weighted by atomic mass is 10.1. The number of aliphatic hydroxyl groups is 1. The zero-order valence-electron chi connectivity index (χ0n) is 11.5. The number of hydrogen-bond acceptors (Lipinski definition) is 4. The molecule has 0 saturated heterocycles. The van der Waals surface area contributed by atoms with Gasteiger partial charge in [-0.05, 0) is 26.8 Å². The molecule has 1 atom stereocenters. The Hall–Kier alpha value is -1.86. The fourth-order valence-corrected chi connectivity index (χ4v) is 3.55. The summed E-state index contributed by atoms with van der Waals surface area (Å²) in [5, 5.41) is 16.2. The number of aryl methyl sites for hydroxylation is 2. The molecule has 2 rings (SSSR count). The van der Waals surface area contributed by atoms with Gasteiger partial charge in [0.15, 0.2) is 0 Å². The van der Waals surface area contributed by atoms with Crippen LogP contribution in [0.3, 0.4) is 0 Å². The molecule has 1 aromatic carbocycles. The van der Waals surface area contributed by atoms with Gasteiger partial charge in [-0.2, -0.15) is 5.10 Å². The molecule has 0 amide bonds. The number of nitrogens with zero attached hydrogens (tertiary/aromatic N) is 1. The van der Waals surface area contributed by atoms with E-state index < -0.39 is 16.1 Å². The van der Waals surface area contributed by atoms with Crippen molar-refractivity contribution in [1.82, 2.24) is 10.2 Å². The van der Waals surface area contributed by atoms with Gasteiger partial charge in [-0.25, -0.2) is 8.42 Å². The highest BCUT2D eigenvalue weighted by Crippen LogP contribution is 2.26. The Morgan fingerprint density at radius 2 is 1.95 bits per heavy atom. The van der Waals surface area contributed by atoms with Crippen molar-refractivity contribution in [3.05, 3.63) is 41.2 Å². The third-order valence-electron chi connectivity index (χ3n) is 2.98. The summed E-state index contributed by atoms with van der Waals surface area (Å²) >= 11 is 0. The van der Waals surface area contributed by atoms with Crippen LogP contribution in [0.25, 0.3) is 0 Å². The average molecular weight is 295 g/mol. The summed E-state index contributed by atoms with van der Waals surface area (Å²) in [7, 11) is -3.74. The van der Waals surface area contributed by atoms with Gasteiger partial charge < -0.3 is 5.11 Å². The Morgan fingerprint density at radius 1 is 1.30 bits per heavy atom. The van der Waals surface area contributed by atoms with E-state index in [-0.39, 0.29) is 4.90 Å². The summed E-state index contributed by atoms with van der Waals surface area (Å²) in [6.45, 7) is 4.86. The van der Waals surface area contributed by atoms with Crippen LogP contribution >= 0.6 is 0 Å². The number of sulfonamides is 1. The zero-order chi connectivity index (χ0) is 14.9. The lowest BCUT2D eigenvalue weighted by Crippen LogP contribution is -2.16. The van der Waals surface area contributed by atoms with E-state index in [0.717, 1.165) is 0 Å². The lowest BCUT2D eigenvalue weighted by Gasteiger charge is -2.14. The molecule has 6 nitrogen and oxygen atoms in total. The van der Waals surface area contributed by atoms with Crippen molar-refractivity contribution in [2.24, 2.45) is 0 Å². The molecule has 7 heteroatoms. The number of aliphatic hydroxyl groups excluding tert-OH is 1. The number of para-hydroxylation sites is 1.